The summed E-state index contributed by atoms with van der Waals surface area (Å²) in [4.78, 5) is 14.1. The van der Waals surface area contributed by atoms with E-state index in [1.807, 2.05) is 49.1 Å². The van der Waals surface area contributed by atoms with Crippen molar-refractivity contribution in [2.45, 2.75) is 38.5 Å². The van der Waals surface area contributed by atoms with Crippen molar-refractivity contribution in [1.82, 2.24) is 4.90 Å². The van der Waals surface area contributed by atoms with Crippen molar-refractivity contribution >= 4 is 5.91 Å². The van der Waals surface area contributed by atoms with Gasteiger partial charge in [0.1, 0.15) is 6.10 Å². The molecule has 2 N–H and O–H groups in total. The van der Waals surface area contributed by atoms with E-state index in [-0.39, 0.29) is 24.1 Å². The first-order chi connectivity index (χ1) is 9.15. The van der Waals surface area contributed by atoms with Crippen LogP contribution in [0.15, 0.2) is 30.3 Å². The topological polar surface area (TPSA) is 55.6 Å². The van der Waals surface area contributed by atoms with E-state index in [4.69, 9.17) is 10.5 Å². The second-order valence-electron chi connectivity index (χ2n) is 5.09. The molecule has 1 amide bonds. The van der Waals surface area contributed by atoms with Crippen LogP contribution in [0.2, 0.25) is 0 Å². The molecule has 3 unspecified atom stereocenters. The Labute approximate surface area is 114 Å². The quantitative estimate of drug-likeness (QED) is 0.902. The van der Waals surface area contributed by atoms with Crippen LogP contribution in [-0.4, -0.2) is 36.0 Å². The highest BCUT2D eigenvalue weighted by Crippen LogP contribution is 2.31. The highest BCUT2D eigenvalue weighted by atomic mass is 16.5. The Balaban J connectivity index is 2.18. The van der Waals surface area contributed by atoms with E-state index in [1.54, 1.807) is 0 Å². The number of hydrogen-bond acceptors (Lipinski definition) is 3. The highest BCUT2D eigenvalue weighted by molar-refractivity contribution is 5.77. The zero-order valence-corrected chi connectivity index (χ0v) is 11.6. The highest BCUT2D eigenvalue weighted by Gasteiger charge is 2.36. The van der Waals surface area contributed by atoms with Gasteiger partial charge in [0, 0.05) is 13.0 Å². The van der Waals surface area contributed by atoms with Crippen molar-refractivity contribution in [3.05, 3.63) is 35.9 Å². The van der Waals surface area contributed by atoms with Gasteiger partial charge in [-0.05, 0) is 19.4 Å². The fourth-order valence-corrected chi connectivity index (χ4v) is 2.75. The smallest absolute Gasteiger partial charge is 0.224 e. The molecule has 4 heteroatoms. The standard InChI is InChI=1S/C15H22N2O2/c1-11-10-19-15(13-6-4-3-5-7-13)12(2)17(11)14(18)8-9-16/h3-7,11-12,15H,8-10,16H2,1-2H3. The van der Waals surface area contributed by atoms with Crippen LogP contribution in [-0.2, 0) is 9.53 Å². The zero-order valence-electron chi connectivity index (χ0n) is 11.6. The molecule has 104 valence electrons. The van der Waals surface area contributed by atoms with Crippen LogP contribution in [0.1, 0.15) is 31.9 Å². The molecule has 0 saturated carbocycles. The van der Waals surface area contributed by atoms with Gasteiger partial charge in [-0.15, -0.1) is 0 Å². The number of benzene rings is 1. The number of carbonyl (C=O) groups is 1. The lowest BCUT2D eigenvalue weighted by Gasteiger charge is -2.44. The molecule has 2 rings (SSSR count). The van der Waals surface area contributed by atoms with Gasteiger partial charge in [-0.3, -0.25) is 4.79 Å². The maximum absolute atomic E-state index is 12.2. The summed E-state index contributed by atoms with van der Waals surface area (Å²) >= 11 is 0. The van der Waals surface area contributed by atoms with Crippen molar-refractivity contribution in [3.8, 4) is 0 Å². The van der Waals surface area contributed by atoms with Gasteiger partial charge in [0.25, 0.3) is 0 Å². The van der Waals surface area contributed by atoms with Crippen LogP contribution >= 0.6 is 0 Å². The summed E-state index contributed by atoms with van der Waals surface area (Å²) in [5.74, 6) is 0.117. The second-order valence-corrected chi connectivity index (χ2v) is 5.09. The van der Waals surface area contributed by atoms with E-state index in [9.17, 15) is 4.79 Å². The maximum atomic E-state index is 12.2. The number of hydrogen-bond donors (Lipinski definition) is 1. The summed E-state index contributed by atoms with van der Waals surface area (Å²) in [6, 6.07) is 10.2. The summed E-state index contributed by atoms with van der Waals surface area (Å²) in [7, 11) is 0. The molecule has 0 radical (unpaired) electrons. The number of ether oxygens (including phenoxy) is 1. The van der Waals surface area contributed by atoms with Crippen molar-refractivity contribution in [3.63, 3.8) is 0 Å². The minimum atomic E-state index is -0.0564. The number of morpholine rings is 1. The maximum Gasteiger partial charge on any atom is 0.224 e. The first kappa shape index (κ1) is 14.0. The van der Waals surface area contributed by atoms with Crippen LogP contribution < -0.4 is 5.73 Å². The fourth-order valence-electron chi connectivity index (χ4n) is 2.75. The van der Waals surface area contributed by atoms with E-state index >= 15 is 0 Å². The molecular weight excluding hydrogens is 240 g/mol. The van der Waals surface area contributed by atoms with Crippen molar-refractivity contribution in [1.29, 1.82) is 0 Å². The van der Waals surface area contributed by atoms with Gasteiger partial charge >= 0.3 is 0 Å². The van der Waals surface area contributed by atoms with Crippen LogP contribution in [0.5, 0.6) is 0 Å². The fraction of sp³-hybridized carbons (Fsp3) is 0.533. The molecule has 1 aromatic rings. The monoisotopic (exact) mass is 262 g/mol. The third-order valence-corrected chi connectivity index (χ3v) is 3.64. The number of nitrogens with two attached hydrogens (primary N) is 1. The molecule has 0 aromatic heterocycles. The van der Waals surface area contributed by atoms with Crippen LogP contribution in [0.3, 0.4) is 0 Å². The van der Waals surface area contributed by atoms with Crippen LogP contribution in [0.4, 0.5) is 0 Å². The lowest BCUT2D eigenvalue weighted by Crippen LogP contribution is -2.53. The zero-order chi connectivity index (χ0) is 13.8. The number of amides is 1. The summed E-state index contributed by atoms with van der Waals surface area (Å²) in [6.45, 7) is 5.03. The largest absolute Gasteiger partial charge is 0.369 e. The number of rotatable bonds is 3. The predicted octanol–water partition coefficient (Wildman–Crippen LogP) is 1.71. The molecule has 1 aliphatic heterocycles. The van der Waals surface area contributed by atoms with Crippen LogP contribution in [0, 0.1) is 0 Å². The molecule has 19 heavy (non-hydrogen) atoms. The van der Waals surface area contributed by atoms with Gasteiger partial charge in [-0.2, -0.15) is 0 Å². The van der Waals surface area contributed by atoms with Gasteiger partial charge in [-0.1, -0.05) is 30.3 Å². The summed E-state index contributed by atoms with van der Waals surface area (Å²) < 4.78 is 5.92. The van der Waals surface area contributed by atoms with Gasteiger partial charge in [0.15, 0.2) is 0 Å². The molecule has 3 atom stereocenters. The first-order valence-corrected chi connectivity index (χ1v) is 6.83. The van der Waals surface area contributed by atoms with E-state index in [0.717, 1.165) is 5.56 Å². The molecular formula is C15H22N2O2. The third kappa shape index (κ3) is 2.96. The summed E-state index contributed by atoms with van der Waals surface area (Å²) in [5.41, 5.74) is 6.61. The molecule has 1 aromatic carbocycles. The summed E-state index contributed by atoms with van der Waals surface area (Å²) in [6.07, 6.45) is 0.343. The normalized spacial score (nSPS) is 27.3. The average molecular weight is 262 g/mol. The minimum absolute atomic E-state index is 0.0326. The molecule has 0 bridgehead atoms. The van der Waals surface area contributed by atoms with E-state index in [2.05, 4.69) is 0 Å². The third-order valence-electron chi connectivity index (χ3n) is 3.64. The van der Waals surface area contributed by atoms with E-state index < -0.39 is 0 Å². The molecule has 0 spiro atoms. The minimum Gasteiger partial charge on any atom is -0.369 e. The Bertz CT molecular complexity index is 421. The lowest BCUT2D eigenvalue weighted by molar-refractivity contribution is -0.153. The Kier molecular flexibility index (Phi) is 4.56. The lowest BCUT2D eigenvalue weighted by atomic mass is 9.98. The predicted molar refractivity (Wildman–Crippen MR) is 74.6 cm³/mol. The Morgan fingerprint density at radius 1 is 1.37 bits per heavy atom. The molecule has 1 aliphatic rings. The van der Waals surface area contributed by atoms with Gasteiger partial charge in [0.05, 0.1) is 18.7 Å². The van der Waals surface area contributed by atoms with E-state index in [1.165, 1.54) is 0 Å². The number of carbonyl (C=O) groups excluding carboxylic acids is 1. The van der Waals surface area contributed by atoms with Crippen molar-refractivity contribution in [2.75, 3.05) is 13.2 Å². The molecule has 1 saturated heterocycles. The van der Waals surface area contributed by atoms with Gasteiger partial charge in [-0.25, -0.2) is 0 Å². The van der Waals surface area contributed by atoms with Crippen molar-refractivity contribution < 1.29 is 9.53 Å². The van der Waals surface area contributed by atoms with Gasteiger partial charge < -0.3 is 15.4 Å². The SMILES string of the molecule is CC1COC(c2ccccc2)C(C)N1C(=O)CCN. The molecule has 1 fully saturated rings. The molecule has 4 nitrogen and oxygen atoms in total. The summed E-state index contributed by atoms with van der Waals surface area (Å²) in [5, 5.41) is 0. The van der Waals surface area contributed by atoms with Crippen LogP contribution in [0.25, 0.3) is 0 Å². The first-order valence-electron chi connectivity index (χ1n) is 6.83. The van der Waals surface area contributed by atoms with Gasteiger partial charge in [0.2, 0.25) is 5.91 Å². The Hall–Kier alpha value is -1.39. The molecule has 0 aliphatic carbocycles. The Morgan fingerprint density at radius 2 is 2.05 bits per heavy atom. The Morgan fingerprint density at radius 3 is 2.68 bits per heavy atom. The number of nitrogens with zero attached hydrogens (tertiary/aromatic N) is 1. The van der Waals surface area contributed by atoms with E-state index in [0.29, 0.717) is 19.6 Å². The average Bonchev–Trinajstić information content (AvgIpc) is 2.40. The molecule has 1 heterocycles. The second kappa shape index (κ2) is 6.17. The van der Waals surface area contributed by atoms with Crippen molar-refractivity contribution in [2.24, 2.45) is 5.73 Å².